The van der Waals surface area contributed by atoms with Crippen LogP contribution in [0.3, 0.4) is 0 Å². The van der Waals surface area contributed by atoms with Crippen LogP contribution in [0.1, 0.15) is 44.1 Å². The lowest BCUT2D eigenvalue weighted by Gasteiger charge is -2.30. The van der Waals surface area contributed by atoms with Gasteiger partial charge in [-0.05, 0) is 38.5 Å². The fourth-order valence-electron chi connectivity index (χ4n) is 3.28. The van der Waals surface area contributed by atoms with Crippen molar-refractivity contribution in [2.24, 2.45) is 0 Å². The zero-order valence-electron chi connectivity index (χ0n) is 14.3. The third-order valence-electron chi connectivity index (χ3n) is 4.71. The third kappa shape index (κ3) is 4.58. The summed E-state index contributed by atoms with van der Waals surface area (Å²) in [5, 5.41) is 12.5. The average molecular weight is 365 g/mol. The van der Waals surface area contributed by atoms with Crippen LogP contribution in [0.2, 0.25) is 0 Å². The molecule has 0 bridgehead atoms. The maximum absolute atomic E-state index is 11.6. The fraction of sp³-hybridized carbons (Fsp3) is 0.688. The Morgan fingerprint density at radius 2 is 1.96 bits per heavy atom. The number of hydrogen-bond donors (Lipinski definition) is 1. The molecule has 0 spiro atoms. The van der Waals surface area contributed by atoms with Crippen molar-refractivity contribution in [3.05, 3.63) is 11.8 Å². The number of ether oxygens (including phenoxy) is 1. The molecule has 25 heavy (non-hydrogen) atoms. The Kier molecular flexibility index (Phi) is 5.39. The first-order chi connectivity index (χ1) is 12.0. The van der Waals surface area contributed by atoms with Crippen molar-refractivity contribution in [3.8, 4) is 11.9 Å². The number of rotatable bonds is 5. The summed E-state index contributed by atoms with van der Waals surface area (Å²) in [5.74, 6) is 0.755. The van der Waals surface area contributed by atoms with E-state index in [4.69, 9.17) is 4.74 Å². The highest BCUT2D eigenvalue weighted by Crippen LogP contribution is 2.26. The first-order valence-electron chi connectivity index (χ1n) is 8.61. The van der Waals surface area contributed by atoms with E-state index in [1.807, 2.05) is 0 Å². The standard InChI is InChI=1S/C16H23N5O3S/c1-25(22,23)21-8-6-13(7-9-21)19-16-18-11-12(10-17)15(20-16)24-14-4-2-3-5-14/h11,13-14H,2-9H2,1H3,(H,18,19,20). The van der Waals surface area contributed by atoms with Gasteiger partial charge in [0.15, 0.2) is 0 Å². The lowest BCUT2D eigenvalue weighted by molar-refractivity contribution is 0.200. The van der Waals surface area contributed by atoms with Gasteiger partial charge in [0.2, 0.25) is 21.9 Å². The molecule has 8 nitrogen and oxygen atoms in total. The normalized spacial score (nSPS) is 20.3. The highest BCUT2D eigenvalue weighted by atomic mass is 32.2. The maximum Gasteiger partial charge on any atom is 0.236 e. The van der Waals surface area contributed by atoms with Gasteiger partial charge in [0.05, 0.1) is 12.5 Å². The molecule has 0 unspecified atom stereocenters. The summed E-state index contributed by atoms with van der Waals surface area (Å²) in [6.45, 7) is 0.969. The minimum atomic E-state index is -3.13. The molecular weight excluding hydrogens is 342 g/mol. The van der Waals surface area contributed by atoms with E-state index in [0.717, 1.165) is 25.7 Å². The van der Waals surface area contributed by atoms with Gasteiger partial charge in [-0.1, -0.05) is 0 Å². The predicted octanol–water partition coefficient (Wildman–Crippen LogP) is 1.51. The van der Waals surface area contributed by atoms with Gasteiger partial charge in [0, 0.05) is 19.1 Å². The van der Waals surface area contributed by atoms with Crippen LogP contribution in [0.25, 0.3) is 0 Å². The second-order valence-corrected chi connectivity index (χ2v) is 8.61. The predicted molar refractivity (Wildman–Crippen MR) is 92.7 cm³/mol. The topological polar surface area (TPSA) is 108 Å². The van der Waals surface area contributed by atoms with Gasteiger partial charge in [0.25, 0.3) is 0 Å². The fourth-order valence-corrected chi connectivity index (χ4v) is 4.15. The molecule has 1 aromatic heterocycles. The molecule has 0 atom stereocenters. The summed E-state index contributed by atoms with van der Waals surface area (Å²) in [7, 11) is -3.13. The molecule has 2 heterocycles. The van der Waals surface area contributed by atoms with Crippen molar-refractivity contribution in [3.63, 3.8) is 0 Å². The van der Waals surface area contributed by atoms with Crippen molar-refractivity contribution in [2.75, 3.05) is 24.7 Å². The molecule has 0 amide bonds. The minimum absolute atomic E-state index is 0.102. The first-order valence-corrected chi connectivity index (χ1v) is 10.5. The van der Waals surface area contributed by atoms with Gasteiger partial charge in [-0.2, -0.15) is 10.2 Å². The van der Waals surface area contributed by atoms with Crippen LogP contribution in [0.15, 0.2) is 6.20 Å². The average Bonchev–Trinajstić information content (AvgIpc) is 3.08. The summed E-state index contributed by atoms with van der Waals surface area (Å²) >= 11 is 0. The number of aromatic nitrogens is 2. The molecule has 136 valence electrons. The van der Waals surface area contributed by atoms with Gasteiger partial charge < -0.3 is 10.1 Å². The van der Waals surface area contributed by atoms with Crippen LogP contribution in [0.5, 0.6) is 5.88 Å². The van der Waals surface area contributed by atoms with Crippen molar-refractivity contribution in [2.45, 2.75) is 50.7 Å². The molecule has 1 saturated heterocycles. The van der Waals surface area contributed by atoms with E-state index in [2.05, 4.69) is 21.4 Å². The molecule has 9 heteroatoms. The summed E-state index contributed by atoms with van der Waals surface area (Å²) in [6.07, 6.45) is 8.46. The molecule has 1 aliphatic carbocycles. The Labute approximate surface area is 148 Å². The summed E-state index contributed by atoms with van der Waals surface area (Å²) in [5.41, 5.74) is 0.337. The molecule has 1 aliphatic heterocycles. The van der Waals surface area contributed by atoms with Crippen molar-refractivity contribution in [1.29, 1.82) is 5.26 Å². The number of nitrogens with zero attached hydrogens (tertiary/aromatic N) is 4. The van der Waals surface area contributed by atoms with Gasteiger partial charge >= 0.3 is 0 Å². The van der Waals surface area contributed by atoms with Crippen molar-refractivity contribution >= 4 is 16.0 Å². The van der Waals surface area contributed by atoms with E-state index in [1.165, 1.54) is 16.8 Å². The lowest BCUT2D eigenvalue weighted by Crippen LogP contribution is -2.42. The molecule has 1 aromatic rings. The summed E-state index contributed by atoms with van der Waals surface area (Å²) < 4.78 is 30.5. The monoisotopic (exact) mass is 365 g/mol. The van der Waals surface area contributed by atoms with E-state index in [9.17, 15) is 13.7 Å². The number of sulfonamides is 1. The van der Waals surface area contributed by atoms with Gasteiger partial charge in [-0.25, -0.2) is 17.7 Å². The van der Waals surface area contributed by atoms with Gasteiger partial charge in [-0.15, -0.1) is 0 Å². The Morgan fingerprint density at radius 3 is 2.56 bits per heavy atom. The second kappa shape index (κ2) is 7.54. The molecule has 0 radical (unpaired) electrons. The van der Waals surface area contributed by atoms with Crippen LogP contribution in [0.4, 0.5) is 5.95 Å². The molecule has 1 saturated carbocycles. The number of piperidine rings is 1. The van der Waals surface area contributed by atoms with E-state index >= 15 is 0 Å². The number of nitrogens with one attached hydrogen (secondary N) is 1. The van der Waals surface area contributed by atoms with Crippen LogP contribution in [-0.4, -0.2) is 54.2 Å². The molecule has 0 aromatic carbocycles. The smallest absolute Gasteiger partial charge is 0.236 e. The van der Waals surface area contributed by atoms with Gasteiger partial charge in [-0.3, -0.25) is 0 Å². The Morgan fingerprint density at radius 1 is 1.28 bits per heavy atom. The SMILES string of the molecule is CS(=O)(=O)N1CCC(Nc2ncc(C#N)c(OC3CCCC3)n2)CC1. The summed E-state index contributed by atoms with van der Waals surface area (Å²) in [6, 6.07) is 2.17. The van der Waals surface area contributed by atoms with E-state index < -0.39 is 10.0 Å². The second-order valence-electron chi connectivity index (χ2n) is 6.63. The molecule has 3 rings (SSSR count). The van der Waals surface area contributed by atoms with Crippen LogP contribution < -0.4 is 10.1 Å². The number of anilines is 1. The van der Waals surface area contributed by atoms with Crippen LogP contribution in [-0.2, 0) is 10.0 Å². The quantitative estimate of drug-likeness (QED) is 0.842. The Balaban J connectivity index is 1.64. The third-order valence-corrected chi connectivity index (χ3v) is 6.01. The molecule has 1 N–H and O–H groups in total. The zero-order chi connectivity index (χ0) is 17.9. The maximum atomic E-state index is 11.6. The van der Waals surface area contributed by atoms with E-state index in [0.29, 0.717) is 43.3 Å². The van der Waals surface area contributed by atoms with Crippen molar-refractivity contribution < 1.29 is 13.2 Å². The largest absolute Gasteiger partial charge is 0.473 e. The minimum Gasteiger partial charge on any atom is -0.473 e. The summed E-state index contributed by atoms with van der Waals surface area (Å²) in [4.78, 5) is 8.56. The first kappa shape index (κ1) is 17.9. The molecule has 2 aliphatic rings. The highest BCUT2D eigenvalue weighted by Gasteiger charge is 2.26. The Bertz CT molecular complexity index is 748. The van der Waals surface area contributed by atoms with Crippen LogP contribution in [0, 0.1) is 11.3 Å². The zero-order valence-corrected chi connectivity index (χ0v) is 15.1. The van der Waals surface area contributed by atoms with E-state index in [1.54, 1.807) is 0 Å². The number of hydrogen-bond acceptors (Lipinski definition) is 7. The van der Waals surface area contributed by atoms with Crippen LogP contribution >= 0.6 is 0 Å². The lowest BCUT2D eigenvalue weighted by atomic mass is 10.1. The Hall–Kier alpha value is -1.92. The number of nitriles is 1. The highest BCUT2D eigenvalue weighted by molar-refractivity contribution is 7.88. The molecular formula is C16H23N5O3S. The molecule has 2 fully saturated rings. The van der Waals surface area contributed by atoms with E-state index in [-0.39, 0.29) is 12.1 Å². The van der Waals surface area contributed by atoms with Gasteiger partial charge in [0.1, 0.15) is 17.7 Å². The van der Waals surface area contributed by atoms with Crippen molar-refractivity contribution in [1.82, 2.24) is 14.3 Å².